The Hall–Kier alpha value is -2.87. The molecule has 2 heteroatoms. The van der Waals surface area contributed by atoms with E-state index in [0.29, 0.717) is 5.92 Å². The van der Waals surface area contributed by atoms with E-state index in [0.717, 1.165) is 18.5 Å². The van der Waals surface area contributed by atoms with Gasteiger partial charge in [-0.1, -0.05) is 57.7 Å². The number of aromatic amines is 1. The number of allylic oxidation sites excluding steroid dienone is 1. The Balaban J connectivity index is 1.97. The summed E-state index contributed by atoms with van der Waals surface area (Å²) in [4.78, 5) is 8.31. The van der Waals surface area contributed by atoms with Gasteiger partial charge in [0.15, 0.2) is 0 Å². The van der Waals surface area contributed by atoms with Crippen LogP contribution in [0, 0.1) is 12.8 Å². The van der Waals surface area contributed by atoms with Gasteiger partial charge in [0.25, 0.3) is 0 Å². The second-order valence-corrected chi connectivity index (χ2v) is 8.53. The first-order valence-electron chi connectivity index (χ1n) is 10.7. The van der Waals surface area contributed by atoms with Crippen molar-refractivity contribution in [2.24, 2.45) is 5.92 Å². The predicted molar refractivity (Wildman–Crippen MR) is 126 cm³/mol. The minimum atomic E-state index is 0.686. The van der Waals surface area contributed by atoms with Crippen molar-refractivity contribution in [3.63, 3.8) is 0 Å². The fraction of sp³-hybridized carbons (Fsp3) is 0.296. The largest absolute Gasteiger partial charge is 0.339 e. The molecule has 0 aliphatic rings. The lowest BCUT2D eigenvalue weighted by atomic mass is 9.92. The fourth-order valence-corrected chi connectivity index (χ4v) is 4.05. The first-order chi connectivity index (χ1) is 14.0. The molecule has 0 aliphatic carbocycles. The van der Waals surface area contributed by atoms with E-state index < -0.39 is 0 Å². The van der Waals surface area contributed by atoms with Crippen LogP contribution in [0.1, 0.15) is 50.3 Å². The maximum Gasteiger partial charge on any atom is 0.138 e. The van der Waals surface area contributed by atoms with Gasteiger partial charge >= 0.3 is 0 Å². The van der Waals surface area contributed by atoms with Crippen molar-refractivity contribution >= 4 is 27.5 Å². The van der Waals surface area contributed by atoms with Crippen LogP contribution in [0.5, 0.6) is 0 Å². The number of hydrogen-bond donors (Lipinski definition) is 1. The van der Waals surface area contributed by atoms with Crippen LogP contribution in [0.4, 0.5) is 0 Å². The van der Waals surface area contributed by atoms with Crippen LogP contribution >= 0.6 is 0 Å². The summed E-state index contributed by atoms with van der Waals surface area (Å²) in [6, 6.07) is 15.6. The normalized spacial score (nSPS) is 11.6. The summed E-state index contributed by atoms with van der Waals surface area (Å²) in [5.74, 6) is 0.686. The minimum absolute atomic E-state index is 0.686. The number of nitrogens with zero attached hydrogens (tertiary/aromatic N) is 1. The van der Waals surface area contributed by atoms with Gasteiger partial charge in [-0.15, -0.1) is 0 Å². The highest BCUT2D eigenvalue weighted by atomic mass is 14.9. The zero-order valence-electron chi connectivity index (χ0n) is 18.0. The second-order valence-electron chi connectivity index (χ2n) is 8.53. The molecule has 0 bridgehead atoms. The Morgan fingerprint density at radius 2 is 1.97 bits per heavy atom. The average molecular weight is 383 g/mol. The maximum absolute atomic E-state index is 4.68. The number of aromatic nitrogens is 2. The highest BCUT2D eigenvalue weighted by Gasteiger charge is 2.15. The highest BCUT2D eigenvalue weighted by molar-refractivity contribution is 6.14. The highest BCUT2D eigenvalue weighted by Crippen LogP contribution is 2.37. The van der Waals surface area contributed by atoms with Crippen LogP contribution in [0.25, 0.3) is 38.6 Å². The monoisotopic (exact) mass is 382 g/mol. The standard InChI is InChI=1S/C27H30N2/c1-6-19(5)21-8-7-9-22(15-21)23-13-12-20(11-10-17(2)3)26-25(23)24-14-18(4)16-28-27(24)29-26/h7-9,12-17H,5-6,10-11H2,1-4H3,(H,28,29). The average Bonchev–Trinajstić information content (AvgIpc) is 3.10. The second kappa shape index (κ2) is 7.87. The third-order valence-electron chi connectivity index (χ3n) is 5.83. The molecule has 0 unspecified atom stereocenters. The molecule has 0 fully saturated rings. The molecule has 0 atom stereocenters. The molecule has 0 saturated heterocycles. The van der Waals surface area contributed by atoms with E-state index in [4.69, 9.17) is 0 Å². The number of hydrogen-bond acceptors (Lipinski definition) is 1. The smallest absolute Gasteiger partial charge is 0.138 e. The van der Waals surface area contributed by atoms with Crippen molar-refractivity contribution in [2.45, 2.75) is 47.0 Å². The van der Waals surface area contributed by atoms with Crippen molar-refractivity contribution in [3.8, 4) is 11.1 Å². The van der Waals surface area contributed by atoms with Gasteiger partial charge in [-0.3, -0.25) is 0 Å². The number of benzene rings is 2. The molecule has 2 heterocycles. The van der Waals surface area contributed by atoms with Crippen LogP contribution in [0.3, 0.4) is 0 Å². The van der Waals surface area contributed by atoms with Gasteiger partial charge in [0.05, 0.1) is 5.52 Å². The molecule has 148 valence electrons. The molecule has 0 aliphatic heterocycles. The van der Waals surface area contributed by atoms with Crippen molar-refractivity contribution in [1.29, 1.82) is 0 Å². The van der Waals surface area contributed by atoms with Crippen LogP contribution in [-0.4, -0.2) is 9.97 Å². The molecular weight excluding hydrogens is 352 g/mol. The zero-order chi connectivity index (χ0) is 20.5. The molecular formula is C27H30N2. The molecule has 2 nitrogen and oxygen atoms in total. The molecule has 0 amide bonds. The minimum Gasteiger partial charge on any atom is -0.339 e. The van der Waals surface area contributed by atoms with E-state index in [1.165, 1.54) is 56.1 Å². The van der Waals surface area contributed by atoms with Crippen molar-refractivity contribution in [2.75, 3.05) is 0 Å². The number of rotatable bonds is 6. The Kier molecular flexibility index (Phi) is 5.27. The summed E-state index contributed by atoms with van der Waals surface area (Å²) in [5.41, 5.74) is 9.66. The number of nitrogens with one attached hydrogen (secondary N) is 1. The molecule has 4 rings (SSSR count). The number of aryl methyl sites for hydroxylation is 2. The molecule has 29 heavy (non-hydrogen) atoms. The van der Waals surface area contributed by atoms with E-state index in [9.17, 15) is 0 Å². The lowest BCUT2D eigenvalue weighted by Gasteiger charge is -2.12. The van der Waals surface area contributed by atoms with E-state index >= 15 is 0 Å². The quantitative estimate of drug-likeness (QED) is 0.363. The maximum atomic E-state index is 4.68. The van der Waals surface area contributed by atoms with Crippen LogP contribution in [0.2, 0.25) is 0 Å². The van der Waals surface area contributed by atoms with Gasteiger partial charge in [0.1, 0.15) is 5.65 Å². The Labute approximate surface area is 173 Å². The van der Waals surface area contributed by atoms with Crippen molar-refractivity contribution in [1.82, 2.24) is 9.97 Å². The topological polar surface area (TPSA) is 28.7 Å². The van der Waals surface area contributed by atoms with E-state index in [-0.39, 0.29) is 0 Å². The molecule has 0 saturated carbocycles. The summed E-state index contributed by atoms with van der Waals surface area (Å²) in [6.07, 6.45) is 5.16. The zero-order valence-corrected chi connectivity index (χ0v) is 18.0. The van der Waals surface area contributed by atoms with Gasteiger partial charge in [-0.05, 0) is 77.6 Å². The molecule has 0 spiro atoms. The van der Waals surface area contributed by atoms with Crippen molar-refractivity contribution in [3.05, 3.63) is 71.9 Å². The third-order valence-corrected chi connectivity index (χ3v) is 5.83. The molecule has 0 radical (unpaired) electrons. The molecule has 2 aromatic carbocycles. The van der Waals surface area contributed by atoms with Gasteiger partial charge < -0.3 is 4.98 Å². The fourth-order valence-electron chi connectivity index (χ4n) is 4.05. The van der Waals surface area contributed by atoms with Gasteiger partial charge in [-0.2, -0.15) is 0 Å². The third kappa shape index (κ3) is 3.72. The molecule has 4 aromatic rings. The Morgan fingerprint density at radius 1 is 1.14 bits per heavy atom. The van der Waals surface area contributed by atoms with Crippen LogP contribution in [0.15, 0.2) is 55.2 Å². The van der Waals surface area contributed by atoms with Crippen LogP contribution in [-0.2, 0) is 6.42 Å². The SMILES string of the molecule is C=C(CC)c1cccc(-c2ccc(CCC(C)C)c3[nH]c4ncc(C)cc4c23)c1. The van der Waals surface area contributed by atoms with E-state index in [1.807, 2.05) is 6.20 Å². The summed E-state index contributed by atoms with van der Waals surface area (Å²) in [5, 5.41) is 2.50. The Bertz CT molecular complexity index is 1190. The number of H-pyrrole nitrogens is 1. The van der Waals surface area contributed by atoms with Crippen LogP contribution < -0.4 is 0 Å². The molecule has 2 aromatic heterocycles. The lowest BCUT2D eigenvalue weighted by Crippen LogP contribution is -1.94. The number of fused-ring (bicyclic) bond motifs is 3. The van der Waals surface area contributed by atoms with Gasteiger partial charge in [0.2, 0.25) is 0 Å². The number of pyridine rings is 1. The lowest BCUT2D eigenvalue weighted by molar-refractivity contribution is 0.588. The van der Waals surface area contributed by atoms with E-state index in [2.05, 4.69) is 86.7 Å². The van der Waals surface area contributed by atoms with Gasteiger partial charge in [-0.25, -0.2) is 4.98 Å². The van der Waals surface area contributed by atoms with Crippen molar-refractivity contribution < 1.29 is 0 Å². The summed E-state index contributed by atoms with van der Waals surface area (Å²) in [7, 11) is 0. The first-order valence-corrected chi connectivity index (χ1v) is 10.7. The molecule has 1 N–H and O–H groups in total. The predicted octanol–water partition coefficient (Wildman–Crippen LogP) is 7.70. The summed E-state index contributed by atoms with van der Waals surface area (Å²) in [6.45, 7) is 13.1. The summed E-state index contributed by atoms with van der Waals surface area (Å²) < 4.78 is 0. The van der Waals surface area contributed by atoms with Gasteiger partial charge in [0, 0.05) is 17.0 Å². The summed E-state index contributed by atoms with van der Waals surface area (Å²) >= 11 is 0. The Morgan fingerprint density at radius 3 is 2.72 bits per heavy atom. The van der Waals surface area contributed by atoms with E-state index in [1.54, 1.807) is 0 Å². The first kappa shape index (κ1) is 19.4.